The Morgan fingerprint density at radius 3 is 2.29 bits per heavy atom. The second-order valence-corrected chi connectivity index (χ2v) is 13.6. The van der Waals surface area contributed by atoms with E-state index >= 15 is 0 Å². The average Bonchev–Trinajstić information content (AvgIpc) is 3.79. The molecular formula is C31H41N5O5S. The summed E-state index contributed by atoms with van der Waals surface area (Å²) < 4.78 is 30.1. The number of aromatic nitrogens is 2. The number of rotatable bonds is 8. The number of ether oxygens (including phenoxy) is 3. The fourth-order valence-electron chi connectivity index (χ4n) is 6.60. The third-order valence-electron chi connectivity index (χ3n) is 9.13. The van der Waals surface area contributed by atoms with Gasteiger partial charge in [0, 0.05) is 82.5 Å². The molecule has 2 aromatic rings. The van der Waals surface area contributed by atoms with Gasteiger partial charge >= 0.3 is 0 Å². The zero-order valence-electron chi connectivity index (χ0n) is 24.2. The number of hydrogen-bond donors (Lipinski definition) is 1. The maximum Gasteiger partial charge on any atom is 0.254 e. The van der Waals surface area contributed by atoms with Crippen molar-refractivity contribution in [3.8, 4) is 5.75 Å². The zero-order valence-corrected chi connectivity index (χ0v) is 25.0. The summed E-state index contributed by atoms with van der Waals surface area (Å²) >= 11 is -1.05. The van der Waals surface area contributed by atoms with E-state index in [0.29, 0.717) is 17.7 Å². The van der Waals surface area contributed by atoms with E-state index in [9.17, 15) is 9.35 Å². The van der Waals surface area contributed by atoms with Gasteiger partial charge in [-0.05, 0) is 74.0 Å². The number of carbonyl (C=O) groups excluding carboxylic acids is 1. The van der Waals surface area contributed by atoms with Crippen molar-refractivity contribution in [1.82, 2.24) is 14.9 Å². The minimum Gasteiger partial charge on any atom is -0.611 e. The first-order chi connectivity index (χ1) is 20.6. The molecule has 4 aliphatic heterocycles. The van der Waals surface area contributed by atoms with Crippen LogP contribution >= 0.6 is 0 Å². The van der Waals surface area contributed by atoms with Crippen LogP contribution in [0.3, 0.4) is 0 Å². The Kier molecular flexibility index (Phi) is 8.43. The van der Waals surface area contributed by atoms with Crippen LogP contribution in [0.15, 0.2) is 29.2 Å². The SMILES string of the molecule is O=C(c1ccc(OC2CCN(c3nc4c(c(NC5CCOCC5)n3)[S+]([O-])CC4)CC2)cc1)N(C1CCOCC1)C1CC1. The molecule has 1 aromatic carbocycles. The molecule has 0 radical (unpaired) electrons. The molecule has 11 heteroatoms. The van der Waals surface area contributed by atoms with Crippen molar-refractivity contribution < 1.29 is 23.6 Å². The highest BCUT2D eigenvalue weighted by molar-refractivity contribution is 7.91. The molecule has 0 spiro atoms. The van der Waals surface area contributed by atoms with Gasteiger partial charge in [-0.1, -0.05) is 0 Å². The number of amides is 1. The number of nitrogens with zero attached hydrogens (tertiary/aromatic N) is 4. The van der Waals surface area contributed by atoms with Gasteiger partial charge in [-0.25, -0.2) is 4.98 Å². The van der Waals surface area contributed by atoms with Gasteiger partial charge in [-0.3, -0.25) is 4.79 Å². The van der Waals surface area contributed by atoms with Crippen molar-refractivity contribution in [2.75, 3.05) is 55.5 Å². The summed E-state index contributed by atoms with van der Waals surface area (Å²) in [5.74, 6) is 3.00. The molecule has 1 N–H and O–H groups in total. The van der Waals surface area contributed by atoms with E-state index in [1.807, 2.05) is 24.3 Å². The van der Waals surface area contributed by atoms with E-state index < -0.39 is 11.2 Å². The molecule has 10 nitrogen and oxygen atoms in total. The van der Waals surface area contributed by atoms with Crippen LogP contribution in [-0.4, -0.2) is 94.8 Å². The monoisotopic (exact) mass is 595 g/mol. The number of benzene rings is 1. The van der Waals surface area contributed by atoms with Gasteiger partial charge in [0.25, 0.3) is 5.91 Å². The molecule has 5 heterocycles. The number of fused-ring (bicyclic) bond motifs is 1. The van der Waals surface area contributed by atoms with Crippen LogP contribution in [0.25, 0.3) is 0 Å². The predicted octanol–water partition coefficient (Wildman–Crippen LogP) is 3.56. The number of carbonyl (C=O) groups is 1. The summed E-state index contributed by atoms with van der Waals surface area (Å²) in [4.78, 5) is 28.3. The van der Waals surface area contributed by atoms with Crippen molar-refractivity contribution in [2.24, 2.45) is 0 Å². The molecule has 5 aliphatic rings. The second kappa shape index (κ2) is 12.6. The van der Waals surface area contributed by atoms with Gasteiger partial charge in [0.05, 0.1) is 0 Å². The van der Waals surface area contributed by atoms with Gasteiger partial charge in [-0.2, -0.15) is 4.98 Å². The topological polar surface area (TPSA) is 112 Å². The van der Waals surface area contributed by atoms with E-state index in [1.54, 1.807) is 0 Å². The fraction of sp³-hybridized carbons (Fsp3) is 0.645. The molecule has 0 bridgehead atoms. The fourth-order valence-corrected chi connectivity index (χ4v) is 7.91. The maximum atomic E-state index is 13.4. The van der Waals surface area contributed by atoms with Crippen LogP contribution in [0, 0.1) is 0 Å². The molecule has 42 heavy (non-hydrogen) atoms. The molecule has 1 saturated carbocycles. The van der Waals surface area contributed by atoms with E-state index in [1.165, 1.54) is 0 Å². The predicted molar refractivity (Wildman–Crippen MR) is 160 cm³/mol. The first-order valence-corrected chi connectivity index (χ1v) is 17.0. The Morgan fingerprint density at radius 1 is 0.929 bits per heavy atom. The van der Waals surface area contributed by atoms with E-state index in [0.717, 1.165) is 125 Å². The second-order valence-electron chi connectivity index (χ2n) is 12.1. The van der Waals surface area contributed by atoms with Crippen LogP contribution in [-0.2, 0) is 27.1 Å². The highest BCUT2D eigenvalue weighted by atomic mass is 32.2. The Bertz CT molecular complexity index is 1240. The smallest absolute Gasteiger partial charge is 0.254 e. The van der Waals surface area contributed by atoms with E-state index in [4.69, 9.17) is 24.2 Å². The Labute approximate surface area is 250 Å². The summed E-state index contributed by atoms with van der Waals surface area (Å²) in [5.41, 5.74) is 1.65. The molecule has 1 amide bonds. The van der Waals surface area contributed by atoms with Crippen LogP contribution < -0.4 is 15.0 Å². The Hall–Kier alpha value is -2.60. The number of piperidine rings is 1. The quantitative estimate of drug-likeness (QED) is 0.458. The third-order valence-corrected chi connectivity index (χ3v) is 10.6. The normalized spacial score (nSPS) is 23.9. The number of hydrogen-bond acceptors (Lipinski definition) is 9. The minimum absolute atomic E-state index is 0.0924. The summed E-state index contributed by atoms with van der Waals surface area (Å²) in [6.07, 6.45) is 8.43. The van der Waals surface area contributed by atoms with Gasteiger partial charge in [0.15, 0.2) is 5.82 Å². The minimum atomic E-state index is -1.05. The summed E-state index contributed by atoms with van der Waals surface area (Å²) in [6, 6.07) is 8.65. The molecule has 7 rings (SSSR count). The highest BCUT2D eigenvalue weighted by Gasteiger charge is 2.38. The lowest BCUT2D eigenvalue weighted by molar-refractivity contribution is 0.0267. The Morgan fingerprint density at radius 2 is 1.60 bits per heavy atom. The van der Waals surface area contributed by atoms with Crippen molar-refractivity contribution in [1.29, 1.82) is 0 Å². The largest absolute Gasteiger partial charge is 0.611 e. The standard InChI is InChI=1S/C31H41N5O5S/c37-30(36(23-3-4-23)24-11-18-40-19-12-24)21-1-5-25(6-2-21)41-26-7-14-35(15-8-26)31-33-27-13-20-42(38)28(27)29(34-31)32-22-9-16-39-17-10-22/h1-2,5-6,22-24,26H,3-4,7-20H2,(H,32,33,34). The zero-order chi connectivity index (χ0) is 28.5. The highest BCUT2D eigenvalue weighted by Crippen LogP contribution is 2.35. The van der Waals surface area contributed by atoms with Crippen LogP contribution in [0.4, 0.5) is 11.8 Å². The van der Waals surface area contributed by atoms with E-state index in [-0.39, 0.29) is 24.1 Å². The number of nitrogens with one attached hydrogen (secondary N) is 1. The van der Waals surface area contributed by atoms with Crippen molar-refractivity contribution in [3.63, 3.8) is 0 Å². The molecule has 3 saturated heterocycles. The molecule has 1 atom stereocenters. The van der Waals surface area contributed by atoms with Crippen LogP contribution in [0.1, 0.15) is 67.4 Å². The third kappa shape index (κ3) is 6.20. The number of anilines is 2. The van der Waals surface area contributed by atoms with Gasteiger partial charge < -0.3 is 33.9 Å². The van der Waals surface area contributed by atoms with Crippen molar-refractivity contribution in [3.05, 3.63) is 35.5 Å². The van der Waals surface area contributed by atoms with Gasteiger partial charge in [0.2, 0.25) is 10.8 Å². The lowest BCUT2D eigenvalue weighted by Gasteiger charge is -2.34. The van der Waals surface area contributed by atoms with E-state index in [2.05, 4.69) is 15.1 Å². The first kappa shape index (κ1) is 28.2. The average molecular weight is 596 g/mol. The molecule has 226 valence electrons. The number of aryl methyl sites for hydroxylation is 1. The van der Waals surface area contributed by atoms with Gasteiger partial charge in [-0.15, -0.1) is 0 Å². The lowest BCUT2D eigenvalue weighted by atomic mass is 10.0. The van der Waals surface area contributed by atoms with Gasteiger partial charge in [0.1, 0.15) is 23.3 Å². The van der Waals surface area contributed by atoms with Crippen LogP contribution in [0.2, 0.25) is 0 Å². The molecule has 1 aliphatic carbocycles. The lowest BCUT2D eigenvalue weighted by Crippen LogP contribution is -2.44. The van der Waals surface area contributed by atoms with Crippen molar-refractivity contribution in [2.45, 2.75) is 86.9 Å². The molecule has 1 aromatic heterocycles. The Balaban J connectivity index is 0.964. The first-order valence-electron chi connectivity index (χ1n) is 15.7. The molecule has 4 fully saturated rings. The molecular weight excluding hydrogens is 554 g/mol. The molecule has 1 unspecified atom stereocenters. The van der Waals surface area contributed by atoms with Crippen LogP contribution in [0.5, 0.6) is 5.75 Å². The van der Waals surface area contributed by atoms with Crippen molar-refractivity contribution >= 4 is 28.8 Å². The summed E-state index contributed by atoms with van der Waals surface area (Å²) in [6.45, 7) is 4.54. The maximum absolute atomic E-state index is 13.4. The summed E-state index contributed by atoms with van der Waals surface area (Å²) in [5, 5.41) is 3.57. The summed E-state index contributed by atoms with van der Waals surface area (Å²) in [7, 11) is 0.